The minimum atomic E-state index is -2.82. The number of unbranched alkanes of at least 4 members (excludes halogenated alkanes) is 1. The summed E-state index contributed by atoms with van der Waals surface area (Å²) >= 11 is 1.86. The quantitative estimate of drug-likeness (QED) is 0.0158. The summed E-state index contributed by atoms with van der Waals surface area (Å²) in [5.74, 6) is -10.7. The molecule has 0 bridgehead atoms. The number of aliphatic hydroxyl groups excluding tert-OH is 12. The highest BCUT2D eigenvalue weighted by molar-refractivity contribution is 14.1. The average Bonchev–Trinajstić information content (AvgIpc) is 0.937. The van der Waals surface area contributed by atoms with Crippen LogP contribution < -0.4 is 48.3 Å². The Balaban J connectivity index is 1.12. The zero-order valence-electron chi connectivity index (χ0n) is 57.6. The third-order valence-electron chi connectivity index (χ3n) is 18.5. The summed E-state index contributed by atoms with van der Waals surface area (Å²) in [5.41, 5.74) is 7.90. The normalized spacial score (nSPS) is 32.4. The van der Waals surface area contributed by atoms with Gasteiger partial charge in [0.2, 0.25) is 47.1 Å². The molecule has 4 saturated heterocycles. The zero-order chi connectivity index (χ0) is 77.3. The lowest BCUT2D eigenvalue weighted by molar-refractivity contribution is -0.383. The van der Waals surface area contributed by atoms with Crippen LogP contribution in [0, 0.1) is 3.57 Å². The maximum absolute atomic E-state index is 15.4. The molecular weight excluding hydrogens is 1550 g/mol. The highest BCUT2D eigenvalue weighted by Gasteiger charge is 2.55. The maximum atomic E-state index is 15.4. The van der Waals surface area contributed by atoms with Gasteiger partial charge in [-0.25, -0.2) is 0 Å². The van der Waals surface area contributed by atoms with Crippen molar-refractivity contribution in [3.05, 3.63) is 99.3 Å². The molecular formula is C67H95IN10O26S2. The van der Waals surface area contributed by atoms with Crippen LogP contribution in [0.2, 0.25) is 0 Å². The van der Waals surface area contributed by atoms with Crippen molar-refractivity contribution in [1.82, 2.24) is 47.5 Å². The van der Waals surface area contributed by atoms with Gasteiger partial charge >= 0.3 is 0 Å². The number of carbonyl (C=O) groups is 7. The van der Waals surface area contributed by atoms with Crippen LogP contribution in [0.15, 0.2) is 79.0 Å². The van der Waals surface area contributed by atoms with Gasteiger partial charge in [-0.2, -0.15) is 0 Å². The molecule has 3 aromatic carbocycles. The molecule has 0 radical (unpaired) electrons. The van der Waals surface area contributed by atoms with Gasteiger partial charge in [0.1, 0.15) is 109 Å². The Labute approximate surface area is 629 Å². The SMILES string of the molecule is C[C@@H](O)[C@H](CO)NC(=O)[C@@H]1CSSC[C@H](NC(=O)[C@H](Cc2ccccc2)NC[C@]2(O)OC[C@H](O)[C@@H](O[C@@H]3O[C@@H](CO)[C@@H](O[C@@H]4O[C@@H](CO)[C@@H](O)[C@H](O)[C@@H]4O)[C@H](O)[C@@H]3O)[C@@H]2O)C(=O)N[C@@H](Cc2ccc(O)c(I)c2)C(=O)N[C@H](Cc2c[nH]c3ccccc23)C(=O)N[C@@H](CCCCN)C(=O)N[C@@H]([C@@H](C)O)C(=O)N1. The van der Waals surface area contributed by atoms with Crippen molar-refractivity contribution in [2.75, 3.05) is 51.0 Å². The van der Waals surface area contributed by atoms with E-state index in [9.17, 15) is 85.9 Å². The van der Waals surface area contributed by atoms with E-state index in [0.717, 1.165) is 21.6 Å². The number of aromatic nitrogens is 1. The number of hydrogen-bond donors (Lipinski definition) is 24. The number of amides is 7. The number of phenolic OH excluding ortho intramolecular Hbond substituents is 1. The lowest BCUT2D eigenvalue weighted by Gasteiger charge is -2.48. The molecule has 7 amide bonds. The molecule has 0 unspecified atom stereocenters. The van der Waals surface area contributed by atoms with E-state index in [1.165, 1.54) is 32.0 Å². The van der Waals surface area contributed by atoms with Gasteiger partial charge in [0.25, 0.3) is 0 Å². The number of aromatic amines is 1. The molecule has 8 rings (SSSR count). The Morgan fingerprint density at radius 1 is 0.708 bits per heavy atom. The van der Waals surface area contributed by atoms with E-state index in [4.69, 9.17) is 29.4 Å². The summed E-state index contributed by atoms with van der Waals surface area (Å²) in [6.07, 6.45) is -26.5. The fourth-order valence-corrected chi connectivity index (χ4v) is 15.1. The molecule has 0 saturated carbocycles. The van der Waals surface area contributed by atoms with Crippen molar-refractivity contribution >= 4 is 96.4 Å². The second kappa shape index (κ2) is 40.0. The van der Waals surface area contributed by atoms with Crippen LogP contribution in [0.1, 0.15) is 49.8 Å². The number of nitrogens with one attached hydrogen (secondary N) is 9. The molecule has 4 aliphatic rings. The molecule has 4 aromatic rings. The van der Waals surface area contributed by atoms with Gasteiger partial charge in [0.15, 0.2) is 12.6 Å². The molecule has 5 heterocycles. The van der Waals surface area contributed by atoms with Gasteiger partial charge in [0, 0.05) is 41.4 Å². The summed E-state index contributed by atoms with van der Waals surface area (Å²) in [5, 5.41) is 174. The number of rotatable bonds is 26. The molecule has 4 fully saturated rings. The molecule has 39 heteroatoms. The van der Waals surface area contributed by atoms with Gasteiger partial charge in [-0.15, -0.1) is 0 Å². The minimum Gasteiger partial charge on any atom is -0.507 e. The average molecular weight is 1650 g/mol. The molecule has 0 spiro atoms. The van der Waals surface area contributed by atoms with Crippen molar-refractivity contribution < 1.29 is 129 Å². The maximum Gasteiger partial charge on any atom is 0.245 e. The summed E-state index contributed by atoms with van der Waals surface area (Å²) in [6, 6.07) is 7.17. The van der Waals surface area contributed by atoms with Crippen molar-refractivity contribution in [1.29, 1.82) is 0 Å². The third-order valence-corrected chi connectivity index (χ3v) is 21.8. The molecule has 36 nitrogen and oxygen atoms in total. The number of fused-ring (bicyclic) bond motifs is 1. The molecule has 1 aromatic heterocycles. The number of aliphatic hydroxyl groups is 13. The van der Waals surface area contributed by atoms with E-state index in [-0.39, 0.29) is 44.4 Å². The lowest BCUT2D eigenvalue weighted by Crippen LogP contribution is -2.69. The lowest BCUT2D eigenvalue weighted by atomic mass is 9.94. The highest BCUT2D eigenvalue weighted by Crippen LogP contribution is 2.34. The summed E-state index contributed by atoms with van der Waals surface area (Å²) in [4.78, 5) is 107. The smallest absolute Gasteiger partial charge is 0.245 e. The molecule has 25 N–H and O–H groups in total. The fourth-order valence-electron chi connectivity index (χ4n) is 12.2. The number of hydrogen-bond acceptors (Lipinski definition) is 30. The van der Waals surface area contributed by atoms with Crippen LogP contribution in [0.25, 0.3) is 10.9 Å². The fraction of sp³-hybridized carbons (Fsp3) is 0.597. The topological polar surface area (TPSA) is 587 Å². The highest BCUT2D eigenvalue weighted by atomic mass is 127. The number of para-hydroxylation sites is 1. The van der Waals surface area contributed by atoms with Gasteiger partial charge in [0.05, 0.1) is 60.8 Å². The van der Waals surface area contributed by atoms with Crippen molar-refractivity contribution in [2.45, 2.75) is 198 Å². The van der Waals surface area contributed by atoms with Crippen molar-refractivity contribution in [2.24, 2.45) is 5.73 Å². The second-order valence-corrected chi connectivity index (χ2v) is 30.1. The van der Waals surface area contributed by atoms with Gasteiger partial charge in [-0.05, 0) is 104 Å². The van der Waals surface area contributed by atoms with E-state index >= 15 is 19.2 Å². The van der Waals surface area contributed by atoms with E-state index < -0.39 is 232 Å². The van der Waals surface area contributed by atoms with Gasteiger partial charge < -0.3 is 148 Å². The first-order valence-electron chi connectivity index (χ1n) is 34.3. The number of halogens is 1. The van der Waals surface area contributed by atoms with Crippen LogP contribution in [-0.4, -0.2) is 315 Å². The standard InChI is InChI=1S/C67H95IN10O26S2/c1-30(82)42(23-79)75-63(97)44-28-106-105-27-43(76-59(93)39(19-32-10-4-3-5-11-32)71-29-67(99)57(91)55(46(85)26-100-67)103-66-54(90)52(88)56(48(25-81)102-66)104-65-53(89)51(87)50(86)47(24-80)101-65)62(96)73-40(20-33-15-16-45(84)36(68)18-33)60(94)74-41(21-34-22-70-37-13-7-6-12-35(34)37)61(95)72-38(14-8-9-17-69)58(92)78-49(31(2)83)64(98)77-44/h3-7,10-13,15-16,18,22,30-31,38-44,46-57,65-66,70-71,79-91,99H,8-9,14,17,19-21,23-29,69H2,1-2H3,(H,72,95)(H,73,96)(H,74,94)(H,75,97)(H,76,93)(H,77,98)(H,78,92)/t30-,31-,38+,39+,40+,41-,42+,43+,44+,46+,47+,48+,49+,50-,51+,52-,53+,54+,55-,56-,57+,65+,66+,67+/m1/s1. The number of ether oxygens (including phenoxy) is 5. The first-order valence-corrected chi connectivity index (χ1v) is 37.9. The van der Waals surface area contributed by atoms with Crippen LogP contribution >= 0.6 is 44.2 Å². The summed E-state index contributed by atoms with van der Waals surface area (Å²) in [7, 11) is 1.72. The van der Waals surface area contributed by atoms with Gasteiger partial charge in [-0.3, -0.25) is 33.6 Å². The number of carbonyl (C=O) groups excluding carboxylic acids is 7. The minimum absolute atomic E-state index is 0.0791. The first kappa shape index (κ1) is 85.5. The van der Waals surface area contributed by atoms with Gasteiger partial charge in [-0.1, -0.05) is 76.2 Å². The number of benzene rings is 3. The molecule has 106 heavy (non-hydrogen) atoms. The monoisotopic (exact) mass is 1650 g/mol. The van der Waals surface area contributed by atoms with E-state index in [2.05, 4.69) is 47.5 Å². The third kappa shape index (κ3) is 22.3. The predicted molar refractivity (Wildman–Crippen MR) is 384 cm³/mol. The van der Waals surface area contributed by atoms with E-state index in [0.29, 0.717) is 37.6 Å². The van der Waals surface area contributed by atoms with E-state index in [1.54, 1.807) is 60.8 Å². The Hall–Kier alpha value is -6.08. The van der Waals surface area contributed by atoms with Crippen LogP contribution in [0.4, 0.5) is 0 Å². The Kier molecular flexibility index (Phi) is 32.3. The number of H-pyrrole nitrogens is 1. The zero-order valence-corrected chi connectivity index (χ0v) is 61.4. The first-order chi connectivity index (χ1) is 50.5. The Morgan fingerprint density at radius 3 is 1.99 bits per heavy atom. The molecule has 24 atom stereocenters. The predicted octanol–water partition coefficient (Wildman–Crippen LogP) is -7.41. The molecule has 588 valence electrons. The summed E-state index contributed by atoms with van der Waals surface area (Å²) in [6.45, 7) is -1.65. The molecule has 0 aliphatic carbocycles. The molecule has 4 aliphatic heterocycles. The number of aromatic hydroxyl groups is 1. The largest absolute Gasteiger partial charge is 0.507 e. The van der Waals surface area contributed by atoms with Crippen molar-refractivity contribution in [3.63, 3.8) is 0 Å². The van der Waals surface area contributed by atoms with Crippen LogP contribution in [0.3, 0.4) is 0 Å². The van der Waals surface area contributed by atoms with Crippen molar-refractivity contribution in [3.8, 4) is 5.75 Å². The van der Waals surface area contributed by atoms with Crippen LogP contribution in [0.5, 0.6) is 5.75 Å². The van der Waals surface area contributed by atoms with E-state index in [1.807, 2.05) is 22.6 Å². The number of nitrogens with two attached hydrogens (primary N) is 1. The Morgan fingerprint density at radius 2 is 1.33 bits per heavy atom. The second-order valence-electron chi connectivity index (χ2n) is 26.4. The van der Waals surface area contributed by atoms with Crippen LogP contribution in [-0.2, 0) is 76.5 Å². The Bertz CT molecular complexity index is 3560. The summed E-state index contributed by atoms with van der Waals surface area (Å²) < 4.78 is 28.5. The number of phenols is 1.